The predicted molar refractivity (Wildman–Crippen MR) is 112 cm³/mol. The third kappa shape index (κ3) is 3.52. The minimum atomic E-state index is 0.00328. The molecule has 2 fully saturated rings. The number of fused-ring (bicyclic) bond motifs is 1. The topological polar surface area (TPSA) is 63.1 Å². The van der Waals surface area contributed by atoms with Crippen LogP contribution in [0.15, 0.2) is 36.5 Å². The van der Waals surface area contributed by atoms with Gasteiger partial charge >= 0.3 is 0 Å². The van der Waals surface area contributed by atoms with Gasteiger partial charge in [0.1, 0.15) is 17.5 Å². The Morgan fingerprint density at radius 2 is 1.93 bits per heavy atom. The van der Waals surface area contributed by atoms with Gasteiger partial charge in [-0.15, -0.1) is 0 Å². The number of aromatic amines is 1. The highest BCUT2D eigenvalue weighted by atomic mass is 16.5. The molecule has 1 N–H and O–H groups in total. The molecule has 3 heterocycles. The van der Waals surface area contributed by atoms with Gasteiger partial charge in [0.25, 0.3) is 5.91 Å². The second kappa shape index (κ2) is 7.58. The number of likely N-dealkylation sites (tertiary alicyclic amines) is 1. The molecule has 1 saturated carbocycles. The van der Waals surface area contributed by atoms with Crippen molar-refractivity contribution in [2.45, 2.75) is 57.6 Å². The number of nitrogens with zero attached hydrogens (tertiary/aromatic N) is 3. The Balaban J connectivity index is 1.26. The summed E-state index contributed by atoms with van der Waals surface area (Å²) >= 11 is 0. The highest BCUT2D eigenvalue weighted by Gasteiger charge is 2.26. The summed E-state index contributed by atoms with van der Waals surface area (Å²) in [6.07, 6.45) is 9.25. The molecule has 29 heavy (non-hydrogen) atoms. The van der Waals surface area contributed by atoms with Crippen molar-refractivity contribution in [3.63, 3.8) is 0 Å². The Bertz CT molecular complexity index is 1010. The number of benzene rings is 1. The lowest BCUT2D eigenvalue weighted by atomic mass is 10.1. The van der Waals surface area contributed by atoms with E-state index >= 15 is 0 Å². The second-order valence-electron chi connectivity index (χ2n) is 8.40. The fourth-order valence-electron chi connectivity index (χ4n) is 4.81. The van der Waals surface area contributed by atoms with Crippen LogP contribution in [0, 0.1) is 6.92 Å². The van der Waals surface area contributed by atoms with E-state index in [1.807, 2.05) is 11.8 Å². The summed E-state index contributed by atoms with van der Waals surface area (Å²) in [4.78, 5) is 14.5. The summed E-state index contributed by atoms with van der Waals surface area (Å²) < 4.78 is 8.84. The highest BCUT2D eigenvalue weighted by molar-refractivity contribution is 5.92. The minimum absolute atomic E-state index is 0.00328. The van der Waals surface area contributed by atoms with Gasteiger partial charge in [-0.3, -0.25) is 9.89 Å². The van der Waals surface area contributed by atoms with Crippen LogP contribution in [-0.2, 0) is 0 Å². The normalized spacial score (nSPS) is 18.6. The molecule has 6 heteroatoms. The number of nitrogens with one attached hydrogen (secondary N) is 1. The summed E-state index contributed by atoms with van der Waals surface area (Å²) in [5.41, 5.74) is 2.68. The Morgan fingerprint density at radius 1 is 1.14 bits per heavy atom. The molecule has 2 aliphatic rings. The third-order valence-electron chi connectivity index (χ3n) is 6.39. The molecule has 2 aromatic heterocycles. The highest BCUT2D eigenvalue weighted by Crippen LogP contribution is 2.36. The first kappa shape index (κ1) is 18.3. The number of hydrogen-bond acceptors (Lipinski definition) is 3. The molecule has 0 unspecified atom stereocenters. The van der Waals surface area contributed by atoms with Crippen LogP contribution in [0.5, 0.6) is 5.75 Å². The summed E-state index contributed by atoms with van der Waals surface area (Å²) in [5.74, 6) is 0.968. The van der Waals surface area contributed by atoms with Crippen LogP contribution < -0.4 is 4.74 Å². The van der Waals surface area contributed by atoms with Crippen molar-refractivity contribution in [3.05, 3.63) is 47.9 Å². The predicted octanol–water partition coefficient (Wildman–Crippen LogP) is 4.47. The van der Waals surface area contributed by atoms with Crippen LogP contribution >= 0.6 is 0 Å². The molecule has 0 atom stereocenters. The van der Waals surface area contributed by atoms with Gasteiger partial charge in [0, 0.05) is 49.2 Å². The monoisotopic (exact) mass is 392 g/mol. The molecular formula is C23H28N4O2. The molecule has 0 bridgehead atoms. The molecule has 1 amide bonds. The zero-order valence-electron chi connectivity index (χ0n) is 16.9. The molecular weight excluding hydrogens is 364 g/mol. The van der Waals surface area contributed by atoms with Crippen molar-refractivity contribution in [3.8, 4) is 5.75 Å². The first-order valence-electron chi connectivity index (χ1n) is 10.8. The lowest BCUT2D eigenvalue weighted by Gasteiger charge is -2.32. The van der Waals surface area contributed by atoms with E-state index in [0.717, 1.165) is 24.3 Å². The van der Waals surface area contributed by atoms with Crippen molar-refractivity contribution in [1.82, 2.24) is 19.7 Å². The summed E-state index contributed by atoms with van der Waals surface area (Å²) in [5, 5.41) is 8.14. The van der Waals surface area contributed by atoms with Crippen molar-refractivity contribution in [2.24, 2.45) is 0 Å². The Morgan fingerprint density at radius 3 is 2.66 bits per heavy atom. The largest absolute Gasteiger partial charge is 0.490 e. The molecule has 152 valence electrons. The van der Waals surface area contributed by atoms with Crippen LogP contribution in [0.3, 0.4) is 0 Å². The van der Waals surface area contributed by atoms with E-state index in [1.165, 1.54) is 36.6 Å². The first-order valence-corrected chi connectivity index (χ1v) is 10.8. The molecule has 0 radical (unpaired) electrons. The summed E-state index contributed by atoms with van der Waals surface area (Å²) in [6, 6.07) is 11.0. The van der Waals surface area contributed by atoms with Crippen molar-refractivity contribution in [2.75, 3.05) is 13.1 Å². The standard InChI is InChI=1S/C23H28N4O2/c1-16-15-20(25-24-16)23(28)26-12-9-18(10-13-26)29-22-8-4-7-21-19(22)11-14-27(21)17-5-2-3-6-17/h4,7-8,11,14-15,17-18H,2-3,5-6,9-10,12-13H2,1H3,(H,24,25). The van der Waals surface area contributed by atoms with Gasteiger partial charge in [0.15, 0.2) is 0 Å². The minimum Gasteiger partial charge on any atom is -0.490 e. The number of H-pyrrole nitrogens is 1. The third-order valence-corrected chi connectivity index (χ3v) is 6.39. The maximum atomic E-state index is 12.6. The van der Waals surface area contributed by atoms with E-state index in [0.29, 0.717) is 24.8 Å². The number of carbonyl (C=O) groups excluding carboxylic acids is 1. The number of ether oxygens (including phenoxy) is 1. The summed E-state index contributed by atoms with van der Waals surface area (Å²) in [7, 11) is 0. The fourth-order valence-corrected chi connectivity index (χ4v) is 4.81. The average molecular weight is 393 g/mol. The van der Waals surface area contributed by atoms with Gasteiger partial charge in [0.2, 0.25) is 0 Å². The molecule has 3 aromatic rings. The number of carbonyl (C=O) groups is 1. The van der Waals surface area contributed by atoms with Crippen molar-refractivity contribution in [1.29, 1.82) is 0 Å². The Labute approximate surface area is 170 Å². The van der Waals surface area contributed by atoms with E-state index in [-0.39, 0.29) is 12.0 Å². The Hall–Kier alpha value is -2.76. The van der Waals surface area contributed by atoms with E-state index in [2.05, 4.69) is 45.2 Å². The number of amides is 1. The number of aromatic nitrogens is 3. The van der Waals surface area contributed by atoms with Gasteiger partial charge < -0.3 is 14.2 Å². The molecule has 1 aromatic carbocycles. The maximum absolute atomic E-state index is 12.6. The van der Waals surface area contributed by atoms with Gasteiger partial charge in [-0.05, 0) is 44.0 Å². The molecule has 1 saturated heterocycles. The first-order chi connectivity index (χ1) is 14.2. The molecule has 5 rings (SSSR count). The zero-order chi connectivity index (χ0) is 19.8. The number of piperidine rings is 1. The number of rotatable bonds is 4. The van der Waals surface area contributed by atoms with Crippen LogP contribution in [0.25, 0.3) is 10.9 Å². The van der Waals surface area contributed by atoms with Crippen molar-refractivity contribution < 1.29 is 9.53 Å². The van der Waals surface area contributed by atoms with Crippen molar-refractivity contribution >= 4 is 16.8 Å². The van der Waals surface area contributed by atoms with E-state index < -0.39 is 0 Å². The average Bonchev–Trinajstić information content (AvgIpc) is 3.48. The molecule has 1 aliphatic heterocycles. The molecule has 1 aliphatic carbocycles. The van der Waals surface area contributed by atoms with Gasteiger partial charge in [-0.1, -0.05) is 18.9 Å². The lowest BCUT2D eigenvalue weighted by Crippen LogP contribution is -2.41. The quantitative estimate of drug-likeness (QED) is 0.712. The van der Waals surface area contributed by atoms with Gasteiger partial charge in [0.05, 0.1) is 5.52 Å². The molecule has 6 nitrogen and oxygen atoms in total. The summed E-state index contributed by atoms with van der Waals surface area (Å²) in [6.45, 7) is 3.31. The number of aryl methyl sites for hydroxylation is 1. The van der Waals surface area contributed by atoms with E-state index in [1.54, 1.807) is 6.07 Å². The Kier molecular flexibility index (Phi) is 4.78. The van der Waals surface area contributed by atoms with Crippen LogP contribution in [-0.4, -0.2) is 44.8 Å². The van der Waals surface area contributed by atoms with Gasteiger partial charge in [-0.25, -0.2) is 0 Å². The fraction of sp³-hybridized carbons (Fsp3) is 0.478. The lowest BCUT2D eigenvalue weighted by molar-refractivity contribution is 0.0592. The SMILES string of the molecule is Cc1cc(C(=O)N2CCC(Oc3cccc4c3ccn4C3CCCC3)CC2)n[nH]1. The van der Waals surface area contributed by atoms with Crippen LogP contribution in [0.2, 0.25) is 0 Å². The maximum Gasteiger partial charge on any atom is 0.274 e. The van der Waals surface area contributed by atoms with E-state index in [4.69, 9.17) is 4.74 Å². The molecule has 0 spiro atoms. The van der Waals surface area contributed by atoms with E-state index in [9.17, 15) is 4.79 Å². The smallest absolute Gasteiger partial charge is 0.274 e. The number of hydrogen-bond donors (Lipinski definition) is 1. The zero-order valence-corrected chi connectivity index (χ0v) is 16.9. The van der Waals surface area contributed by atoms with Gasteiger partial charge in [-0.2, -0.15) is 5.10 Å². The second-order valence-corrected chi connectivity index (χ2v) is 8.40. The van der Waals surface area contributed by atoms with Crippen LogP contribution in [0.1, 0.15) is 60.7 Å². The van der Waals surface area contributed by atoms with Crippen LogP contribution in [0.4, 0.5) is 0 Å².